The maximum atomic E-state index is 12.8. The Bertz CT molecular complexity index is 489. The summed E-state index contributed by atoms with van der Waals surface area (Å²) in [6.45, 7) is 0. The molecule has 0 unspecified atom stereocenters. The topological polar surface area (TPSA) is 38.3 Å². The Hall–Kier alpha value is -1.38. The van der Waals surface area contributed by atoms with Gasteiger partial charge >= 0.3 is 18.0 Å². The van der Waals surface area contributed by atoms with Crippen molar-refractivity contribution >= 4 is 27.5 Å². The molecular formula is C10H7BrF5NO2. The summed E-state index contributed by atoms with van der Waals surface area (Å²) in [5, 5.41) is 1.49. The first-order valence-electron chi connectivity index (χ1n) is 4.69. The zero-order chi connectivity index (χ0) is 14.8. The fraction of sp³-hybridized carbons (Fsp3) is 0.300. The van der Waals surface area contributed by atoms with E-state index < -0.39 is 18.0 Å². The summed E-state index contributed by atoms with van der Waals surface area (Å²) in [6.07, 6.45) is -5.96. The van der Waals surface area contributed by atoms with Gasteiger partial charge in [0.15, 0.2) is 0 Å². The highest BCUT2D eigenvalue weighted by molar-refractivity contribution is 9.10. The summed E-state index contributed by atoms with van der Waals surface area (Å²) in [4.78, 5) is 11.0. The molecule has 1 aromatic rings. The van der Waals surface area contributed by atoms with Gasteiger partial charge < -0.3 is 10.1 Å². The first kappa shape index (κ1) is 15.7. The van der Waals surface area contributed by atoms with Gasteiger partial charge in [-0.15, -0.1) is 0 Å². The summed E-state index contributed by atoms with van der Waals surface area (Å²) >= 11 is 2.99. The number of nitrogens with one attached hydrogen (secondary N) is 1. The molecule has 0 saturated heterocycles. The lowest BCUT2D eigenvalue weighted by molar-refractivity contribution is -0.267. The second kappa shape index (κ2) is 5.32. The first-order chi connectivity index (χ1) is 8.59. The fourth-order valence-corrected chi connectivity index (χ4v) is 1.47. The van der Waals surface area contributed by atoms with E-state index in [1.165, 1.54) is 24.6 Å². The molecular weight excluding hydrogens is 341 g/mol. The van der Waals surface area contributed by atoms with Gasteiger partial charge in [0.2, 0.25) is 0 Å². The van der Waals surface area contributed by atoms with Crippen molar-refractivity contribution in [3.05, 3.63) is 22.7 Å². The number of methoxy groups -OCH3 is 1. The number of ether oxygens (including phenoxy) is 1. The second-order valence-electron chi connectivity index (χ2n) is 3.37. The van der Waals surface area contributed by atoms with Crippen LogP contribution in [0.4, 0.5) is 27.6 Å². The molecule has 1 rings (SSSR count). The van der Waals surface area contributed by atoms with Crippen LogP contribution < -0.4 is 10.1 Å². The van der Waals surface area contributed by atoms with E-state index in [0.717, 1.165) is 6.07 Å². The molecule has 0 aromatic heterocycles. The predicted molar refractivity (Wildman–Crippen MR) is 60.3 cm³/mol. The Balaban J connectivity index is 3.03. The van der Waals surface area contributed by atoms with E-state index in [1.54, 1.807) is 0 Å². The van der Waals surface area contributed by atoms with Crippen LogP contribution in [0.3, 0.4) is 0 Å². The zero-order valence-corrected chi connectivity index (χ0v) is 10.9. The zero-order valence-electron chi connectivity index (χ0n) is 9.32. The van der Waals surface area contributed by atoms with Crippen molar-refractivity contribution in [1.82, 2.24) is 0 Å². The van der Waals surface area contributed by atoms with Gasteiger partial charge in [-0.25, -0.2) is 0 Å². The molecule has 0 heterocycles. The Labute approximate surface area is 112 Å². The number of benzene rings is 1. The quantitative estimate of drug-likeness (QED) is 0.848. The van der Waals surface area contributed by atoms with Crippen LogP contribution in [0.2, 0.25) is 0 Å². The number of carbonyl (C=O) groups excluding carboxylic acids is 1. The van der Waals surface area contributed by atoms with Crippen LogP contribution in [0.5, 0.6) is 5.75 Å². The highest BCUT2D eigenvalue weighted by atomic mass is 79.9. The van der Waals surface area contributed by atoms with Crippen molar-refractivity contribution in [3.63, 3.8) is 0 Å². The van der Waals surface area contributed by atoms with E-state index in [4.69, 9.17) is 4.74 Å². The van der Waals surface area contributed by atoms with Crippen LogP contribution >= 0.6 is 15.9 Å². The largest absolute Gasteiger partial charge is 0.495 e. The number of rotatable bonds is 3. The Morgan fingerprint density at radius 3 is 2.32 bits per heavy atom. The Morgan fingerprint density at radius 1 is 1.26 bits per heavy atom. The number of hydrogen-bond donors (Lipinski definition) is 1. The average Bonchev–Trinajstić information content (AvgIpc) is 2.27. The van der Waals surface area contributed by atoms with E-state index in [9.17, 15) is 26.7 Å². The third-order valence-electron chi connectivity index (χ3n) is 2.05. The van der Waals surface area contributed by atoms with E-state index in [0.29, 0.717) is 4.47 Å². The van der Waals surface area contributed by atoms with Crippen LogP contribution in [0.15, 0.2) is 22.7 Å². The predicted octanol–water partition coefficient (Wildman–Crippen LogP) is 3.59. The molecule has 0 aliphatic rings. The molecule has 106 valence electrons. The number of amides is 1. The molecule has 19 heavy (non-hydrogen) atoms. The highest BCUT2D eigenvalue weighted by Gasteiger charge is 2.63. The maximum Gasteiger partial charge on any atom is 0.463 e. The Kier molecular flexibility index (Phi) is 4.39. The molecule has 1 N–H and O–H groups in total. The van der Waals surface area contributed by atoms with Gasteiger partial charge in [-0.2, -0.15) is 22.0 Å². The van der Waals surface area contributed by atoms with Gasteiger partial charge in [-0.1, -0.05) is 15.9 Å². The van der Waals surface area contributed by atoms with Crippen molar-refractivity contribution in [2.45, 2.75) is 12.1 Å². The SMILES string of the molecule is COc1ccc(Br)cc1NC(=O)C(F)(F)C(F)(F)F. The average molecular weight is 348 g/mol. The summed E-state index contributed by atoms with van der Waals surface area (Å²) in [5.74, 6) is -8.01. The molecule has 0 radical (unpaired) electrons. The van der Waals surface area contributed by atoms with Crippen LogP contribution in [-0.2, 0) is 4.79 Å². The van der Waals surface area contributed by atoms with Crippen LogP contribution in [-0.4, -0.2) is 25.1 Å². The van der Waals surface area contributed by atoms with Gasteiger partial charge in [-0.3, -0.25) is 4.79 Å². The molecule has 0 spiro atoms. The molecule has 0 saturated carbocycles. The minimum Gasteiger partial charge on any atom is -0.495 e. The lowest BCUT2D eigenvalue weighted by Gasteiger charge is -2.19. The third kappa shape index (κ3) is 3.34. The van der Waals surface area contributed by atoms with Gasteiger partial charge in [0.1, 0.15) is 5.75 Å². The second-order valence-corrected chi connectivity index (χ2v) is 4.29. The van der Waals surface area contributed by atoms with Crippen molar-refractivity contribution in [1.29, 1.82) is 0 Å². The van der Waals surface area contributed by atoms with Crippen LogP contribution in [0, 0.1) is 0 Å². The molecule has 1 aromatic carbocycles. The van der Waals surface area contributed by atoms with E-state index in [2.05, 4.69) is 15.9 Å². The van der Waals surface area contributed by atoms with Crippen molar-refractivity contribution in [2.24, 2.45) is 0 Å². The van der Waals surface area contributed by atoms with Crippen LogP contribution in [0.1, 0.15) is 0 Å². The number of hydrogen-bond acceptors (Lipinski definition) is 2. The monoisotopic (exact) mass is 347 g/mol. The van der Waals surface area contributed by atoms with Crippen molar-refractivity contribution in [3.8, 4) is 5.75 Å². The molecule has 9 heteroatoms. The van der Waals surface area contributed by atoms with Gasteiger partial charge in [0, 0.05) is 4.47 Å². The van der Waals surface area contributed by atoms with Crippen molar-refractivity contribution < 1.29 is 31.5 Å². The standard InChI is InChI=1S/C10H7BrF5NO2/c1-19-7-3-2-5(11)4-6(7)17-8(18)9(12,13)10(14,15)16/h2-4H,1H3,(H,17,18). The molecule has 1 amide bonds. The summed E-state index contributed by atoms with van der Waals surface area (Å²) in [6, 6.07) is 3.91. The summed E-state index contributed by atoms with van der Waals surface area (Å²) in [5.41, 5.74) is -0.300. The molecule has 0 atom stereocenters. The fourth-order valence-electron chi connectivity index (χ4n) is 1.11. The van der Waals surface area contributed by atoms with E-state index in [1.807, 2.05) is 0 Å². The number of carbonyl (C=O) groups is 1. The summed E-state index contributed by atoms with van der Waals surface area (Å²) < 4.78 is 66.6. The van der Waals surface area contributed by atoms with Crippen LogP contribution in [0.25, 0.3) is 0 Å². The number of alkyl halides is 5. The van der Waals surface area contributed by atoms with Crippen molar-refractivity contribution in [2.75, 3.05) is 12.4 Å². The van der Waals surface area contributed by atoms with Gasteiger partial charge in [0.25, 0.3) is 0 Å². The third-order valence-corrected chi connectivity index (χ3v) is 2.54. The normalized spacial score (nSPS) is 12.2. The number of anilines is 1. The summed E-state index contributed by atoms with van der Waals surface area (Å²) in [7, 11) is 1.18. The minimum atomic E-state index is -5.96. The first-order valence-corrected chi connectivity index (χ1v) is 5.48. The maximum absolute atomic E-state index is 12.8. The highest BCUT2D eigenvalue weighted by Crippen LogP contribution is 2.37. The van der Waals surface area contributed by atoms with Gasteiger partial charge in [-0.05, 0) is 18.2 Å². The lowest BCUT2D eigenvalue weighted by atomic mass is 10.2. The minimum absolute atomic E-state index is 0.0467. The van der Waals surface area contributed by atoms with Gasteiger partial charge in [0.05, 0.1) is 12.8 Å². The van der Waals surface area contributed by atoms with E-state index in [-0.39, 0.29) is 11.4 Å². The molecule has 0 bridgehead atoms. The molecule has 0 fully saturated rings. The molecule has 0 aliphatic carbocycles. The Morgan fingerprint density at radius 2 is 1.84 bits per heavy atom. The van der Waals surface area contributed by atoms with E-state index >= 15 is 0 Å². The lowest BCUT2D eigenvalue weighted by Crippen LogP contribution is -2.47. The smallest absolute Gasteiger partial charge is 0.463 e. The molecule has 0 aliphatic heterocycles. The number of halogens is 6. The molecule has 3 nitrogen and oxygen atoms in total.